The van der Waals surface area contributed by atoms with Gasteiger partial charge in [0.1, 0.15) is 6.29 Å². The fourth-order valence-electron chi connectivity index (χ4n) is 0.883. The molecule has 0 aromatic rings. The van der Waals surface area contributed by atoms with E-state index in [1.807, 2.05) is 0 Å². The van der Waals surface area contributed by atoms with Crippen LogP contribution in [0.1, 0.15) is 6.42 Å². The molecule has 15 heavy (non-hydrogen) atoms. The van der Waals surface area contributed by atoms with Gasteiger partial charge in [0.15, 0.2) is 0 Å². The third kappa shape index (κ3) is 7.59. The fraction of sp³-hybridized carbons (Fsp3) is 0.625. The lowest BCUT2D eigenvalue weighted by Gasteiger charge is -2.10. The standard InChI is InChI=1S/C8H15N3O4/c9-1-2-10-4-7(13)11-6(5-12)3-8(14)15/h5-6,10H,1-4,9H2,(H,11,13)(H,14,15)/t6-/m0/s1. The van der Waals surface area contributed by atoms with E-state index in [1.54, 1.807) is 0 Å². The van der Waals surface area contributed by atoms with Crippen LogP contribution in [0.3, 0.4) is 0 Å². The molecule has 0 saturated carbocycles. The Balaban J connectivity index is 3.80. The van der Waals surface area contributed by atoms with Crippen LogP contribution in [0.2, 0.25) is 0 Å². The van der Waals surface area contributed by atoms with Gasteiger partial charge in [-0.15, -0.1) is 0 Å². The van der Waals surface area contributed by atoms with Crippen LogP contribution in [-0.2, 0) is 14.4 Å². The van der Waals surface area contributed by atoms with Crippen LogP contribution >= 0.6 is 0 Å². The van der Waals surface area contributed by atoms with Crippen molar-refractivity contribution < 1.29 is 19.5 Å². The maximum absolute atomic E-state index is 11.1. The molecule has 1 atom stereocenters. The Labute approximate surface area is 87.0 Å². The summed E-state index contributed by atoms with van der Waals surface area (Å²) in [5, 5.41) is 13.4. The van der Waals surface area contributed by atoms with Crippen molar-refractivity contribution in [1.82, 2.24) is 10.6 Å². The first-order chi connectivity index (χ1) is 7.10. The van der Waals surface area contributed by atoms with Crippen molar-refractivity contribution >= 4 is 18.2 Å². The molecule has 5 N–H and O–H groups in total. The van der Waals surface area contributed by atoms with Crippen LogP contribution < -0.4 is 16.4 Å². The number of carboxylic acid groups (broad SMARTS) is 1. The third-order valence-corrected chi connectivity index (χ3v) is 1.51. The molecule has 0 aliphatic carbocycles. The smallest absolute Gasteiger partial charge is 0.305 e. The van der Waals surface area contributed by atoms with Gasteiger partial charge in [0.25, 0.3) is 0 Å². The molecule has 0 aromatic carbocycles. The maximum atomic E-state index is 11.1. The highest BCUT2D eigenvalue weighted by molar-refractivity contribution is 5.83. The predicted octanol–water partition coefficient (Wildman–Crippen LogP) is -2.31. The van der Waals surface area contributed by atoms with Gasteiger partial charge in [-0.3, -0.25) is 9.59 Å². The van der Waals surface area contributed by atoms with E-state index in [1.165, 1.54) is 0 Å². The van der Waals surface area contributed by atoms with Gasteiger partial charge in [-0.1, -0.05) is 0 Å². The Morgan fingerprint density at radius 2 is 2.13 bits per heavy atom. The summed E-state index contributed by atoms with van der Waals surface area (Å²) < 4.78 is 0. The molecule has 0 saturated heterocycles. The molecule has 0 spiro atoms. The highest BCUT2D eigenvalue weighted by atomic mass is 16.4. The highest BCUT2D eigenvalue weighted by Gasteiger charge is 2.14. The maximum Gasteiger partial charge on any atom is 0.305 e. The van der Waals surface area contributed by atoms with Crippen LogP contribution in [0.4, 0.5) is 0 Å². The van der Waals surface area contributed by atoms with Gasteiger partial charge in [-0.2, -0.15) is 0 Å². The van der Waals surface area contributed by atoms with Crippen molar-refractivity contribution in [2.75, 3.05) is 19.6 Å². The van der Waals surface area contributed by atoms with Gasteiger partial charge in [-0.05, 0) is 0 Å². The number of rotatable bonds is 8. The molecule has 0 radical (unpaired) electrons. The molecule has 0 fully saturated rings. The molecule has 0 rings (SSSR count). The third-order valence-electron chi connectivity index (χ3n) is 1.51. The quantitative estimate of drug-likeness (QED) is 0.268. The molecule has 0 aliphatic rings. The number of amides is 1. The summed E-state index contributed by atoms with van der Waals surface area (Å²) in [5.74, 6) is -1.57. The minimum absolute atomic E-state index is 0.0150. The monoisotopic (exact) mass is 217 g/mol. The second kappa shape index (κ2) is 7.89. The van der Waals surface area contributed by atoms with Crippen molar-refractivity contribution in [2.45, 2.75) is 12.5 Å². The summed E-state index contributed by atoms with van der Waals surface area (Å²) in [6.45, 7) is 0.902. The van der Waals surface area contributed by atoms with E-state index in [4.69, 9.17) is 10.8 Å². The fourth-order valence-corrected chi connectivity index (χ4v) is 0.883. The van der Waals surface area contributed by atoms with Gasteiger partial charge in [0.05, 0.1) is 19.0 Å². The molecule has 0 bridgehead atoms. The summed E-state index contributed by atoms with van der Waals surface area (Å²) in [4.78, 5) is 31.8. The average molecular weight is 217 g/mol. The van der Waals surface area contributed by atoms with E-state index >= 15 is 0 Å². The van der Waals surface area contributed by atoms with Crippen LogP contribution in [0.25, 0.3) is 0 Å². The topological polar surface area (TPSA) is 122 Å². The van der Waals surface area contributed by atoms with Gasteiger partial charge in [0.2, 0.25) is 5.91 Å². The molecular weight excluding hydrogens is 202 g/mol. The Hall–Kier alpha value is -1.47. The van der Waals surface area contributed by atoms with E-state index in [-0.39, 0.29) is 6.54 Å². The van der Waals surface area contributed by atoms with Crippen LogP contribution in [0.5, 0.6) is 0 Å². The van der Waals surface area contributed by atoms with Gasteiger partial charge in [-0.25, -0.2) is 0 Å². The molecule has 7 heteroatoms. The number of carbonyl (C=O) groups is 3. The number of aliphatic carboxylic acids is 1. The number of carbonyl (C=O) groups excluding carboxylic acids is 2. The second-order valence-electron chi connectivity index (χ2n) is 2.87. The lowest BCUT2D eigenvalue weighted by Crippen LogP contribution is -2.43. The Bertz CT molecular complexity index is 232. The van der Waals surface area contributed by atoms with Gasteiger partial charge in [0, 0.05) is 13.1 Å². The molecular formula is C8H15N3O4. The van der Waals surface area contributed by atoms with E-state index in [2.05, 4.69) is 10.6 Å². The number of nitrogens with one attached hydrogen (secondary N) is 2. The second-order valence-corrected chi connectivity index (χ2v) is 2.87. The molecule has 0 heterocycles. The molecule has 7 nitrogen and oxygen atoms in total. The number of carboxylic acids is 1. The van der Waals surface area contributed by atoms with Crippen molar-refractivity contribution in [2.24, 2.45) is 5.73 Å². The van der Waals surface area contributed by atoms with E-state index in [0.29, 0.717) is 19.4 Å². The number of hydrogen-bond donors (Lipinski definition) is 4. The van der Waals surface area contributed by atoms with Crippen molar-refractivity contribution in [3.05, 3.63) is 0 Å². The zero-order valence-electron chi connectivity index (χ0n) is 8.23. The largest absolute Gasteiger partial charge is 0.481 e. The van der Waals surface area contributed by atoms with Crippen LogP contribution in [0, 0.1) is 0 Å². The van der Waals surface area contributed by atoms with Gasteiger partial charge < -0.3 is 26.3 Å². The summed E-state index contributed by atoms with van der Waals surface area (Å²) in [5.41, 5.74) is 5.18. The summed E-state index contributed by atoms with van der Waals surface area (Å²) in [6, 6.07) is -0.977. The molecule has 0 unspecified atom stereocenters. The molecule has 86 valence electrons. The summed E-state index contributed by atoms with van der Waals surface area (Å²) >= 11 is 0. The Kier molecular flexibility index (Phi) is 7.12. The summed E-state index contributed by atoms with van der Waals surface area (Å²) in [6.07, 6.45) is -0.0128. The first-order valence-electron chi connectivity index (χ1n) is 4.47. The van der Waals surface area contributed by atoms with Gasteiger partial charge >= 0.3 is 5.97 Å². The minimum atomic E-state index is -1.14. The lowest BCUT2D eigenvalue weighted by atomic mass is 10.2. The number of nitrogens with two attached hydrogens (primary N) is 1. The number of hydrogen-bond acceptors (Lipinski definition) is 5. The first-order valence-corrected chi connectivity index (χ1v) is 4.47. The van der Waals surface area contributed by atoms with E-state index in [0.717, 1.165) is 0 Å². The molecule has 1 amide bonds. The molecule has 0 aliphatic heterocycles. The minimum Gasteiger partial charge on any atom is -0.481 e. The van der Waals surface area contributed by atoms with Crippen molar-refractivity contribution in [3.63, 3.8) is 0 Å². The Morgan fingerprint density at radius 1 is 1.47 bits per heavy atom. The van der Waals surface area contributed by atoms with Crippen molar-refractivity contribution in [1.29, 1.82) is 0 Å². The van der Waals surface area contributed by atoms with E-state index < -0.39 is 24.3 Å². The van der Waals surface area contributed by atoms with Crippen LogP contribution in [-0.4, -0.2) is 48.9 Å². The van der Waals surface area contributed by atoms with Crippen molar-refractivity contribution in [3.8, 4) is 0 Å². The molecule has 0 aromatic heterocycles. The first kappa shape index (κ1) is 13.5. The zero-order chi connectivity index (χ0) is 11.7. The highest BCUT2D eigenvalue weighted by Crippen LogP contribution is 1.87. The van der Waals surface area contributed by atoms with E-state index in [9.17, 15) is 14.4 Å². The summed E-state index contributed by atoms with van der Waals surface area (Å²) in [7, 11) is 0. The normalized spacial score (nSPS) is 11.8. The van der Waals surface area contributed by atoms with Crippen LogP contribution in [0.15, 0.2) is 0 Å². The SMILES string of the molecule is NCCNCC(=O)N[C@H](C=O)CC(=O)O. The lowest BCUT2D eigenvalue weighted by molar-refractivity contribution is -0.138. The zero-order valence-corrected chi connectivity index (χ0v) is 8.23. The Morgan fingerprint density at radius 3 is 2.60 bits per heavy atom. The average Bonchev–Trinajstić information content (AvgIpc) is 2.16. The predicted molar refractivity (Wildman–Crippen MR) is 52.2 cm³/mol. The number of aldehydes is 1.